The minimum Gasteiger partial charge on any atom is -0.384 e. The molecular weight excluding hydrogens is 364 g/mol. The van der Waals surface area contributed by atoms with Crippen molar-refractivity contribution in [1.29, 1.82) is 5.41 Å². The van der Waals surface area contributed by atoms with Crippen LogP contribution in [-0.4, -0.2) is 26.2 Å². The molecule has 0 aromatic heterocycles. The number of carbonyl (C=O) groups is 1. The van der Waals surface area contributed by atoms with Crippen molar-refractivity contribution >= 4 is 27.5 Å². The van der Waals surface area contributed by atoms with E-state index in [9.17, 15) is 13.2 Å². The van der Waals surface area contributed by atoms with Crippen molar-refractivity contribution in [2.45, 2.75) is 31.7 Å². The monoisotopic (exact) mass is 388 g/mol. The molecule has 0 aliphatic carbocycles. The molecule has 2 aromatic carbocycles. The molecule has 8 heteroatoms. The Labute approximate surface area is 159 Å². The molecule has 0 heterocycles. The molecule has 27 heavy (non-hydrogen) atoms. The molecule has 0 saturated carbocycles. The Bertz CT molecular complexity index is 920. The second-order valence-electron chi connectivity index (χ2n) is 6.64. The van der Waals surface area contributed by atoms with Crippen LogP contribution in [-0.2, 0) is 14.8 Å². The molecule has 0 aliphatic heterocycles. The summed E-state index contributed by atoms with van der Waals surface area (Å²) < 4.78 is 27.7. The summed E-state index contributed by atoms with van der Waals surface area (Å²) in [6, 6.07) is 11.9. The highest BCUT2D eigenvalue weighted by molar-refractivity contribution is 7.89. The summed E-state index contributed by atoms with van der Waals surface area (Å²) in [5.74, 6) is -0.795. The molecule has 0 fully saturated rings. The lowest BCUT2D eigenvalue weighted by Gasteiger charge is -2.21. The number of anilines is 1. The van der Waals surface area contributed by atoms with Gasteiger partial charge in [0, 0.05) is 11.3 Å². The third kappa shape index (κ3) is 5.38. The van der Waals surface area contributed by atoms with E-state index in [-0.39, 0.29) is 16.6 Å². The molecule has 2 rings (SSSR count). The van der Waals surface area contributed by atoms with Gasteiger partial charge in [-0.1, -0.05) is 31.5 Å². The molecule has 7 nitrogen and oxygen atoms in total. The van der Waals surface area contributed by atoms with Gasteiger partial charge >= 0.3 is 0 Å². The second-order valence-corrected chi connectivity index (χ2v) is 8.35. The predicted octanol–water partition coefficient (Wildman–Crippen LogP) is 2.22. The fourth-order valence-electron chi connectivity index (χ4n) is 2.40. The Morgan fingerprint density at radius 2 is 1.59 bits per heavy atom. The Hall–Kier alpha value is -2.71. The number of amides is 1. The zero-order valence-electron chi connectivity index (χ0n) is 15.5. The lowest BCUT2D eigenvalue weighted by Crippen LogP contribution is -2.47. The lowest BCUT2D eigenvalue weighted by atomic mass is 10.0. The molecule has 1 amide bonds. The minimum atomic E-state index is -3.83. The Kier molecular flexibility index (Phi) is 6.35. The number of benzene rings is 2. The van der Waals surface area contributed by atoms with Crippen LogP contribution in [0.25, 0.3) is 0 Å². The van der Waals surface area contributed by atoms with Crippen LogP contribution in [0.4, 0.5) is 5.69 Å². The average molecular weight is 388 g/mol. The molecule has 2 aromatic rings. The largest absolute Gasteiger partial charge is 0.384 e. The third-order valence-electron chi connectivity index (χ3n) is 4.03. The number of sulfonamides is 1. The molecule has 1 unspecified atom stereocenters. The van der Waals surface area contributed by atoms with Crippen molar-refractivity contribution in [3.8, 4) is 0 Å². The van der Waals surface area contributed by atoms with Gasteiger partial charge in [0.05, 0.1) is 4.90 Å². The summed E-state index contributed by atoms with van der Waals surface area (Å²) in [6.07, 6.45) is 0. The van der Waals surface area contributed by atoms with E-state index in [1.54, 1.807) is 50.2 Å². The molecule has 0 saturated heterocycles. The topological polar surface area (TPSA) is 125 Å². The van der Waals surface area contributed by atoms with Gasteiger partial charge in [-0.2, -0.15) is 4.72 Å². The van der Waals surface area contributed by atoms with Gasteiger partial charge in [-0.3, -0.25) is 10.2 Å². The summed E-state index contributed by atoms with van der Waals surface area (Å²) in [4.78, 5) is 12.7. The van der Waals surface area contributed by atoms with E-state index >= 15 is 0 Å². The van der Waals surface area contributed by atoms with Crippen LogP contribution in [0.5, 0.6) is 0 Å². The quantitative estimate of drug-likeness (QED) is 0.429. The summed E-state index contributed by atoms with van der Waals surface area (Å²) in [5, 5.41) is 10.1. The zero-order valence-corrected chi connectivity index (χ0v) is 16.3. The molecule has 144 valence electrons. The first kappa shape index (κ1) is 20.6. The molecule has 0 aliphatic rings. The molecular formula is C19H24N4O3S. The summed E-state index contributed by atoms with van der Waals surface area (Å²) in [7, 11) is -3.83. The van der Waals surface area contributed by atoms with Gasteiger partial charge in [0.2, 0.25) is 15.9 Å². The van der Waals surface area contributed by atoms with E-state index in [1.165, 1.54) is 12.1 Å². The van der Waals surface area contributed by atoms with Gasteiger partial charge in [0.1, 0.15) is 11.9 Å². The molecule has 0 bridgehead atoms. The van der Waals surface area contributed by atoms with Crippen LogP contribution < -0.4 is 15.8 Å². The first-order valence-electron chi connectivity index (χ1n) is 8.44. The summed E-state index contributed by atoms with van der Waals surface area (Å²) in [5.41, 5.74) is 7.38. The SMILES string of the molecule is Cc1ccc(S(=O)(=O)NC(C(=O)Nc2ccc(C(=N)N)cc2)C(C)C)cc1. The molecule has 0 radical (unpaired) electrons. The number of hydrogen-bond acceptors (Lipinski definition) is 4. The maximum absolute atomic E-state index is 12.6. The van der Waals surface area contributed by atoms with Crippen molar-refractivity contribution in [1.82, 2.24) is 4.72 Å². The van der Waals surface area contributed by atoms with E-state index in [0.717, 1.165) is 5.56 Å². The van der Waals surface area contributed by atoms with Gasteiger partial charge in [-0.05, 0) is 49.2 Å². The number of rotatable bonds is 7. The van der Waals surface area contributed by atoms with Crippen molar-refractivity contribution < 1.29 is 13.2 Å². The number of amidine groups is 1. The number of nitrogen functional groups attached to an aromatic ring is 1. The predicted molar refractivity (Wildman–Crippen MR) is 106 cm³/mol. The van der Waals surface area contributed by atoms with Crippen molar-refractivity contribution in [2.24, 2.45) is 11.7 Å². The van der Waals surface area contributed by atoms with E-state index in [4.69, 9.17) is 11.1 Å². The van der Waals surface area contributed by atoms with Crippen LogP contribution in [0.15, 0.2) is 53.4 Å². The molecule has 1 atom stereocenters. The van der Waals surface area contributed by atoms with E-state index in [0.29, 0.717) is 11.3 Å². The van der Waals surface area contributed by atoms with Crippen molar-refractivity contribution in [3.63, 3.8) is 0 Å². The normalized spacial score (nSPS) is 12.6. The number of aryl methyl sites for hydroxylation is 1. The van der Waals surface area contributed by atoms with Crippen LogP contribution in [0.3, 0.4) is 0 Å². The maximum Gasteiger partial charge on any atom is 0.242 e. The smallest absolute Gasteiger partial charge is 0.242 e. The van der Waals surface area contributed by atoms with Crippen LogP contribution >= 0.6 is 0 Å². The highest BCUT2D eigenvalue weighted by atomic mass is 32.2. The zero-order chi connectivity index (χ0) is 20.2. The fourth-order valence-corrected chi connectivity index (χ4v) is 3.74. The van der Waals surface area contributed by atoms with Gasteiger partial charge in [0.25, 0.3) is 0 Å². The van der Waals surface area contributed by atoms with Gasteiger partial charge in [0.15, 0.2) is 0 Å². The number of hydrogen-bond donors (Lipinski definition) is 4. The highest BCUT2D eigenvalue weighted by Gasteiger charge is 2.28. The van der Waals surface area contributed by atoms with Gasteiger partial charge in [-0.15, -0.1) is 0 Å². The Balaban J connectivity index is 2.17. The van der Waals surface area contributed by atoms with E-state index in [1.807, 2.05) is 6.92 Å². The van der Waals surface area contributed by atoms with Crippen molar-refractivity contribution in [3.05, 3.63) is 59.7 Å². The van der Waals surface area contributed by atoms with Crippen molar-refractivity contribution in [2.75, 3.05) is 5.32 Å². The van der Waals surface area contributed by atoms with Crippen LogP contribution in [0.1, 0.15) is 25.0 Å². The van der Waals surface area contributed by atoms with E-state index < -0.39 is 22.0 Å². The summed E-state index contributed by atoms with van der Waals surface area (Å²) >= 11 is 0. The minimum absolute atomic E-state index is 0.0706. The molecule has 5 N–H and O–H groups in total. The first-order valence-corrected chi connectivity index (χ1v) is 9.93. The van der Waals surface area contributed by atoms with Gasteiger partial charge < -0.3 is 11.1 Å². The average Bonchev–Trinajstić information content (AvgIpc) is 2.60. The second kappa shape index (κ2) is 8.32. The Morgan fingerprint density at radius 3 is 2.07 bits per heavy atom. The van der Waals surface area contributed by atoms with Crippen LogP contribution in [0, 0.1) is 18.3 Å². The highest BCUT2D eigenvalue weighted by Crippen LogP contribution is 2.15. The lowest BCUT2D eigenvalue weighted by molar-refractivity contribution is -0.118. The van der Waals surface area contributed by atoms with Gasteiger partial charge in [-0.25, -0.2) is 8.42 Å². The third-order valence-corrected chi connectivity index (χ3v) is 5.48. The maximum atomic E-state index is 12.6. The molecule has 0 spiro atoms. The number of nitrogens with one attached hydrogen (secondary N) is 3. The van der Waals surface area contributed by atoms with Crippen LogP contribution in [0.2, 0.25) is 0 Å². The number of nitrogens with two attached hydrogens (primary N) is 1. The summed E-state index contributed by atoms with van der Waals surface area (Å²) in [6.45, 7) is 5.40. The van der Waals surface area contributed by atoms with E-state index in [2.05, 4.69) is 10.0 Å². The standard InChI is InChI=1S/C19H24N4O3S/c1-12(2)17(23-27(25,26)16-10-4-13(3)5-11-16)19(24)22-15-8-6-14(7-9-15)18(20)21/h4-12,17,23H,1-3H3,(H3,20,21)(H,22,24). The fraction of sp³-hybridized carbons (Fsp3) is 0.263. The number of carbonyl (C=O) groups excluding carboxylic acids is 1. The first-order chi connectivity index (χ1) is 12.6. The Morgan fingerprint density at radius 1 is 1.04 bits per heavy atom.